The molecule has 9 heteroatoms. The van der Waals surface area contributed by atoms with E-state index in [9.17, 15) is 8.42 Å². The number of benzene rings is 1. The first-order valence-electron chi connectivity index (χ1n) is 10.5. The molecule has 1 aliphatic carbocycles. The van der Waals surface area contributed by atoms with Gasteiger partial charge in [-0.3, -0.25) is 0 Å². The van der Waals surface area contributed by atoms with Crippen molar-refractivity contribution in [1.29, 1.82) is 0 Å². The Kier molecular flexibility index (Phi) is 5.34. The molecule has 1 saturated heterocycles. The summed E-state index contributed by atoms with van der Waals surface area (Å²) < 4.78 is 28.2. The van der Waals surface area contributed by atoms with Gasteiger partial charge in [0.2, 0.25) is 16.0 Å². The Balaban J connectivity index is 1.53. The number of nitrogens with zero attached hydrogens (tertiary/aromatic N) is 3. The van der Waals surface area contributed by atoms with Gasteiger partial charge in [-0.2, -0.15) is 4.31 Å². The Bertz CT molecular complexity index is 1110. The monoisotopic (exact) mass is 443 g/mol. The van der Waals surface area contributed by atoms with Crippen molar-refractivity contribution in [3.05, 3.63) is 41.8 Å². The standard InChI is InChI=1S/C21H25N5O2S2/c27-30(28,26-11-4-12-26)19-13-16(25-21-22-9-10-23-21)7-8-17(19)18-14-24-20(29-18)15-5-2-1-3-6-15/h7-10,13-15H,1-6,11-12H2,(H2,22,23,25). The molecule has 5 rings (SSSR count). The summed E-state index contributed by atoms with van der Waals surface area (Å²) in [7, 11) is -3.56. The SMILES string of the molecule is O=S(=O)(c1cc(Nc2ncc[nH]2)ccc1-c1cnc(C2CCCCC2)s1)N1CCC1. The van der Waals surface area contributed by atoms with Crippen LogP contribution in [0.3, 0.4) is 0 Å². The molecule has 0 amide bonds. The second kappa shape index (κ2) is 8.13. The average Bonchev–Trinajstić information content (AvgIpc) is 3.39. The highest BCUT2D eigenvalue weighted by Gasteiger charge is 2.32. The van der Waals surface area contributed by atoms with Gasteiger partial charge in [0.15, 0.2) is 0 Å². The van der Waals surface area contributed by atoms with Gasteiger partial charge in [-0.1, -0.05) is 25.3 Å². The van der Waals surface area contributed by atoms with Gasteiger partial charge in [0.25, 0.3) is 0 Å². The zero-order valence-corrected chi connectivity index (χ0v) is 18.3. The van der Waals surface area contributed by atoms with Gasteiger partial charge < -0.3 is 10.3 Å². The zero-order valence-electron chi connectivity index (χ0n) is 16.7. The first-order valence-corrected chi connectivity index (χ1v) is 12.7. The van der Waals surface area contributed by atoms with Crippen LogP contribution >= 0.6 is 11.3 Å². The van der Waals surface area contributed by atoms with Gasteiger partial charge in [0, 0.05) is 48.8 Å². The zero-order chi connectivity index (χ0) is 20.6. The molecule has 0 radical (unpaired) electrons. The van der Waals surface area contributed by atoms with E-state index in [1.807, 2.05) is 18.3 Å². The van der Waals surface area contributed by atoms with Crippen LogP contribution in [0.2, 0.25) is 0 Å². The summed E-state index contributed by atoms with van der Waals surface area (Å²) >= 11 is 1.64. The van der Waals surface area contributed by atoms with E-state index in [4.69, 9.17) is 0 Å². The maximum Gasteiger partial charge on any atom is 0.243 e. The quantitative estimate of drug-likeness (QED) is 0.575. The maximum absolute atomic E-state index is 13.3. The molecule has 2 fully saturated rings. The van der Waals surface area contributed by atoms with E-state index >= 15 is 0 Å². The molecule has 30 heavy (non-hydrogen) atoms. The van der Waals surface area contributed by atoms with Crippen LogP contribution in [-0.2, 0) is 10.0 Å². The van der Waals surface area contributed by atoms with E-state index in [1.54, 1.807) is 34.1 Å². The number of rotatable bonds is 6. The molecular formula is C21H25N5O2S2. The second-order valence-electron chi connectivity index (χ2n) is 7.93. The Morgan fingerprint density at radius 3 is 2.63 bits per heavy atom. The number of H-pyrrole nitrogens is 1. The van der Waals surface area contributed by atoms with Crippen molar-refractivity contribution in [2.75, 3.05) is 18.4 Å². The number of hydrogen-bond donors (Lipinski definition) is 2. The molecule has 2 N–H and O–H groups in total. The van der Waals surface area contributed by atoms with E-state index in [2.05, 4.69) is 20.3 Å². The first-order chi connectivity index (χ1) is 14.6. The lowest BCUT2D eigenvalue weighted by atomic mass is 9.90. The van der Waals surface area contributed by atoms with Gasteiger partial charge in [0.05, 0.1) is 14.8 Å². The molecular weight excluding hydrogens is 418 g/mol. The van der Waals surface area contributed by atoms with Gasteiger partial charge in [-0.05, 0) is 31.4 Å². The van der Waals surface area contributed by atoms with Crippen molar-refractivity contribution in [3.63, 3.8) is 0 Å². The molecule has 2 aromatic heterocycles. The molecule has 2 aliphatic rings. The fourth-order valence-corrected chi connectivity index (χ4v) is 7.04. The molecule has 7 nitrogen and oxygen atoms in total. The van der Waals surface area contributed by atoms with Crippen molar-refractivity contribution < 1.29 is 8.42 Å². The number of thiazole rings is 1. The van der Waals surface area contributed by atoms with Crippen molar-refractivity contribution in [2.24, 2.45) is 0 Å². The Morgan fingerprint density at radius 1 is 1.10 bits per heavy atom. The van der Waals surface area contributed by atoms with Gasteiger partial charge in [0.1, 0.15) is 0 Å². The summed E-state index contributed by atoms with van der Waals surface area (Å²) in [6.45, 7) is 1.15. The third-order valence-corrected chi connectivity index (χ3v) is 9.05. The fourth-order valence-electron chi connectivity index (χ4n) is 4.10. The van der Waals surface area contributed by atoms with Crippen LogP contribution in [0.1, 0.15) is 49.5 Å². The number of anilines is 2. The maximum atomic E-state index is 13.3. The van der Waals surface area contributed by atoms with Crippen molar-refractivity contribution >= 4 is 33.0 Å². The minimum absolute atomic E-state index is 0.331. The smallest absolute Gasteiger partial charge is 0.243 e. The number of nitrogens with one attached hydrogen (secondary N) is 2. The van der Waals surface area contributed by atoms with E-state index in [-0.39, 0.29) is 0 Å². The minimum Gasteiger partial charge on any atom is -0.331 e. The summed E-state index contributed by atoms with van der Waals surface area (Å²) in [5, 5.41) is 4.28. The van der Waals surface area contributed by atoms with E-state index in [0.717, 1.165) is 21.9 Å². The van der Waals surface area contributed by atoms with E-state index in [1.165, 1.54) is 32.1 Å². The average molecular weight is 444 g/mol. The molecule has 3 aromatic rings. The minimum atomic E-state index is -3.56. The van der Waals surface area contributed by atoms with Crippen LogP contribution < -0.4 is 5.32 Å². The summed E-state index contributed by atoms with van der Waals surface area (Å²) in [4.78, 5) is 13.1. The number of hydrogen-bond acceptors (Lipinski definition) is 6. The number of aromatic nitrogens is 3. The highest BCUT2D eigenvalue weighted by molar-refractivity contribution is 7.89. The predicted octanol–water partition coefficient (Wildman–Crippen LogP) is 4.72. The van der Waals surface area contributed by atoms with Crippen LogP contribution in [0, 0.1) is 0 Å². The van der Waals surface area contributed by atoms with Crippen LogP contribution in [0.4, 0.5) is 11.6 Å². The fraction of sp³-hybridized carbons (Fsp3) is 0.429. The summed E-state index contributed by atoms with van der Waals surface area (Å²) in [6.07, 6.45) is 12.3. The number of imidazole rings is 1. The molecule has 1 aromatic carbocycles. The van der Waals surface area contributed by atoms with Crippen LogP contribution in [0.15, 0.2) is 41.7 Å². The van der Waals surface area contributed by atoms with Gasteiger partial charge >= 0.3 is 0 Å². The van der Waals surface area contributed by atoms with Crippen molar-refractivity contribution in [1.82, 2.24) is 19.3 Å². The molecule has 0 spiro atoms. The summed E-state index contributed by atoms with van der Waals surface area (Å²) in [5.74, 6) is 1.08. The van der Waals surface area contributed by atoms with E-state index < -0.39 is 10.0 Å². The van der Waals surface area contributed by atoms with Crippen molar-refractivity contribution in [3.8, 4) is 10.4 Å². The van der Waals surface area contributed by atoms with Gasteiger partial charge in [-0.15, -0.1) is 11.3 Å². The van der Waals surface area contributed by atoms with Crippen LogP contribution in [0.5, 0.6) is 0 Å². The Labute approximate surface area is 180 Å². The predicted molar refractivity (Wildman–Crippen MR) is 119 cm³/mol. The second-order valence-corrected chi connectivity index (χ2v) is 10.9. The summed E-state index contributed by atoms with van der Waals surface area (Å²) in [5.41, 5.74) is 1.41. The highest BCUT2D eigenvalue weighted by atomic mass is 32.2. The lowest BCUT2D eigenvalue weighted by molar-refractivity contribution is 0.309. The molecule has 0 unspecified atom stereocenters. The topological polar surface area (TPSA) is 91.0 Å². The largest absolute Gasteiger partial charge is 0.331 e. The Hall–Kier alpha value is -2.23. The molecule has 158 valence electrons. The van der Waals surface area contributed by atoms with Crippen LogP contribution in [0.25, 0.3) is 10.4 Å². The van der Waals surface area contributed by atoms with Crippen LogP contribution in [-0.4, -0.2) is 40.8 Å². The molecule has 3 heterocycles. The number of sulfonamides is 1. The number of aromatic amines is 1. The molecule has 0 bridgehead atoms. The lowest BCUT2D eigenvalue weighted by Gasteiger charge is -2.30. The van der Waals surface area contributed by atoms with E-state index in [0.29, 0.717) is 35.5 Å². The molecule has 1 aliphatic heterocycles. The molecule has 1 saturated carbocycles. The Morgan fingerprint density at radius 2 is 1.93 bits per heavy atom. The molecule has 0 atom stereocenters. The highest BCUT2D eigenvalue weighted by Crippen LogP contribution is 2.40. The third kappa shape index (κ3) is 3.77. The van der Waals surface area contributed by atoms with Crippen molar-refractivity contribution in [2.45, 2.75) is 49.3 Å². The first kappa shape index (κ1) is 19.7. The normalized spacial score (nSPS) is 18.3. The lowest BCUT2D eigenvalue weighted by Crippen LogP contribution is -2.42. The van der Waals surface area contributed by atoms with Gasteiger partial charge in [-0.25, -0.2) is 18.4 Å². The third-order valence-electron chi connectivity index (χ3n) is 5.92. The summed E-state index contributed by atoms with van der Waals surface area (Å²) in [6, 6.07) is 5.49.